The molecule has 3 rings (SSSR count). The van der Waals surface area contributed by atoms with E-state index in [-0.39, 0.29) is 24.0 Å². The van der Waals surface area contributed by atoms with Crippen molar-refractivity contribution in [1.82, 2.24) is 16.0 Å². The molecule has 0 aromatic rings. The normalized spacial score (nSPS) is 24.9. The Balaban J connectivity index is 1.50. The highest BCUT2D eigenvalue weighted by Gasteiger charge is 2.22. The predicted molar refractivity (Wildman–Crippen MR) is 94.5 cm³/mol. The van der Waals surface area contributed by atoms with Crippen LogP contribution >= 0.6 is 0 Å². The zero-order valence-corrected chi connectivity index (χ0v) is 14.1. The number of carbonyl (C=O) groups excluding carboxylic acids is 1. The lowest BCUT2D eigenvalue weighted by Crippen LogP contribution is -2.48. The SMILES string of the molecule is CC(NC(=O)C1=CC=N[C@H](NCC2CCC2)N1)C1=CC(O)=CCC1. The second kappa shape index (κ2) is 7.66. The minimum absolute atomic E-state index is 0.115. The van der Waals surface area contributed by atoms with Gasteiger partial charge in [-0.25, -0.2) is 0 Å². The van der Waals surface area contributed by atoms with E-state index in [0.717, 1.165) is 30.9 Å². The second-order valence-corrected chi connectivity index (χ2v) is 6.71. The Bertz CT molecular complexity index is 602. The number of carbonyl (C=O) groups is 1. The summed E-state index contributed by atoms with van der Waals surface area (Å²) in [5.74, 6) is 0.864. The molecule has 0 radical (unpaired) electrons. The van der Waals surface area contributed by atoms with Gasteiger partial charge in [0, 0.05) is 18.8 Å². The second-order valence-electron chi connectivity index (χ2n) is 6.71. The highest BCUT2D eigenvalue weighted by Crippen LogP contribution is 2.25. The molecular weight excluding hydrogens is 304 g/mol. The van der Waals surface area contributed by atoms with E-state index in [1.807, 2.05) is 6.92 Å². The average Bonchev–Trinajstić information content (AvgIpc) is 2.53. The summed E-state index contributed by atoms with van der Waals surface area (Å²) in [5, 5.41) is 19.1. The summed E-state index contributed by atoms with van der Waals surface area (Å²) in [6.07, 6.45) is 12.2. The zero-order valence-electron chi connectivity index (χ0n) is 14.1. The van der Waals surface area contributed by atoms with Crippen LogP contribution in [0.2, 0.25) is 0 Å². The van der Waals surface area contributed by atoms with Gasteiger partial charge in [-0.1, -0.05) is 6.42 Å². The first-order valence-corrected chi connectivity index (χ1v) is 8.75. The highest BCUT2D eigenvalue weighted by atomic mass is 16.3. The fourth-order valence-corrected chi connectivity index (χ4v) is 3.07. The van der Waals surface area contributed by atoms with Gasteiger partial charge in [0.1, 0.15) is 11.5 Å². The highest BCUT2D eigenvalue weighted by molar-refractivity contribution is 5.97. The van der Waals surface area contributed by atoms with Gasteiger partial charge in [-0.05, 0) is 62.3 Å². The summed E-state index contributed by atoms with van der Waals surface area (Å²) in [5.41, 5.74) is 1.55. The first kappa shape index (κ1) is 16.8. The first-order valence-electron chi connectivity index (χ1n) is 8.75. The van der Waals surface area contributed by atoms with Gasteiger partial charge in [-0.3, -0.25) is 15.1 Å². The van der Waals surface area contributed by atoms with Crippen LogP contribution in [0.5, 0.6) is 0 Å². The van der Waals surface area contributed by atoms with Crippen molar-refractivity contribution >= 4 is 12.1 Å². The molecule has 0 spiro atoms. The molecule has 0 aromatic carbocycles. The van der Waals surface area contributed by atoms with Crippen LogP contribution in [0.15, 0.2) is 40.2 Å². The van der Waals surface area contributed by atoms with Crippen LogP contribution in [0, 0.1) is 5.92 Å². The molecule has 0 bridgehead atoms. The van der Waals surface area contributed by atoms with Crippen LogP contribution in [0.1, 0.15) is 39.0 Å². The molecule has 4 N–H and O–H groups in total. The number of amides is 1. The van der Waals surface area contributed by atoms with Crippen molar-refractivity contribution in [1.29, 1.82) is 0 Å². The average molecular weight is 330 g/mol. The third-order valence-corrected chi connectivity index (χ3v) is 4.86. The lowest BCUT2D eigenvalue weighted by Gasteiger charge is -2.29. The number of hydrogen-bond donors (Lipinski definition) is 4. The number of nitrogens with one attached hydrogen (secondary N) is 3. The summed E-state index contributed by atoms with van der Waals surface area (Å²) < 4.78 is 0. The number of aliphatic hydroxyl groups is 1. The predicted octanol–water partition coefficient (Wildman–Crippen LogP) is 1.88. The fraction of sp³-hybridized carbons (Fsp3) is 0.556. The van der Waals surface area contributed by atoms with E-state index in [0.29, 0.717) is 5.70 Å². The molecular formula is C18H26N4O2. The van der Waals surface area contributed by atoms with Gasteiger partial charge in [0.25, 0.3) is 5.91 Å². The van der Waals surface area contributed by atoms with Crippen molar-refractivity contribution in [2.45, 2.75) is 51.4 Å². The zero-order chi connectivity index (χ0) is 16.9. The third-order valence-electron chi connectivity index (χ3n) is 4.86. The Morgan fingerprint density at radius 3 is 3.04 bits per heavy atom. The molecule has 3 aliphatic rings. The maximum absolute atomic E-state index is 12.4. The third kappa shape index (κ3) is 4.26. The van der Waals surface area contributed by atoms with Crippen LogP contribution in [0.25, 0.3) is 0 Å². The number of rotatable bonds is 6. The summed E-state index contributed by atoms with van der Waals surface area (Å²) in [6, 6.07) is -0.115. The maximum Gasteiger partial charge on any atom is 0.267 e. The molecule has 6 nitrogen and oxygen atoms in total. The topological polar surface area (TPSA) is 85.8 Å². The molecule has 1 unspecified atom stereocenters. The van der Waals surface area contributed by atoms with Crippen molar-refractivity contribution < 1.29 is 9.90 Å². The largest absolute Gasteiger partial charge is 0.508 e. The van der Waals surface area contributed by atoms with Gasteiger partial charge in [0.15, 0.2) is 6.29 Å². The Labute approximate surface area is 142 Å². The van der Waals surface area contributed by atoms with Crippen molar-refractivity contribution in [2.75, 3.05) is 6.54 Å². The number of aliphatic hydroxyl groups excluding tert-OH is 1. The fourth-order valence-electron chi connectivity index (χ4n) is 3.07. The Kier molecular flexibility index (Phi) is 5.35. The number of hydrogen-bond acceptors (Lipinski definition) is 5. The van der Waals surface area contributed by atoms with Crippen LogP contribution in [-0.4, -0.2) is 36.1 Å². The van der Waals surface area contributed by atoms with Crippen LogP contribution in [0.3, 0.4) is 0 Å². The van der Waals surface area contributed by atoms with E-state index in [4.69, 9.17) is 0 Å². The number of nitrogens with zero attached hydrogens (tertiary/aromatic N) is 1. The van der Waals surface area contributed by atoms with Gasteiger partial charge in [0.05, 0.1) is 0 Å². The van der Waals surface area contributed by atoms with E-state index < -0.39 is 0 Å². The standard InChI is InChI=1S/C18H26N4O2/c1-12(14-6-3-7-15(23)10-14)21-17(24)16-8-9-19-18(22-16)20-11-13-4-2-5-13/h7-10,12-13,18,20,22-23H,2-6,11H2,1H3,(H,21,24)/t12?,18-/m1/s1. The minimum Gasteiger partial charge on any atom is -0.508 e. The Hall–Kier alpha value is -2.08. The maximum atomic E-state index is 12.4. The number of allylic oxidation sites excluding steroid dienone is 3. The van der Waals surface area contributed by atoms with Crippen LogP contribution < -0.4 is 16.0 Å². The van der Waals surface area contributed by atoms with Crippen LogP contribution in [-0.2, 0) is 4.79 Å². The molecule has 1 saturated carbocycles. The molecule has 2 atom stereocenters. The Morgan fingerprint density at radius 1 is 1.50 bits per heavy atom. The molecule has 1 fully saturated rings. The van der Waals surface area contributed by atoms with Crippen LogP contribution in [0.4, 0.5) is 0 Å². The molecule has 0 saturated heterocycles. The molecule has 0 aromatic heterocycles. The van der Waals surface area contributed by atoms with Gasteiger partial charge in [0.2, 0.25) is 0 Å². The molecule has 1 heterocycles. The summed E-state index contributed by atoms with van der Waals surface area (Å²) in [7, 11) is 0. The van der Waals surface area contributed by atoms with E-state index >= 15 is 0 Å². The van der Waals surface area contributed by atoms with E-state index in [1.165, 1.54) is 19.3 Å². The van der Waals surface area contributed by atoms with E-state index in [1.54, 1.807) is 24.4 Å². The number of aliphatic imine (C=N–C) groups is 1. The van der Waals surface area contributed by atoms with Crippen molar-refractivity contribution in [3.8, 4) is 0 Å². The lowest BCUT2D eigenvalue weighted by atomic mass is 9.85. The summed E-state index contributed by atoms with van der Waals surface area (Å²) in [6.45, 7) is 2.87. The monoisotopic (exact) mass is 330 g/mol. The quantitative estimate of drug-likeness (QED) is 0.599. The molecule has 130 valence electrons. The van der Waals surface area contributed by atoms with Crippen molar-refractivity contribution in [3.05, 3.63) is 35.3 Å². The molecule has 1 amide bonds. The van der Waals surface area contributed by atoms with Gasteiger partial charge in [-0.15, -0.1) is 0 Å². The minimum atomic E-state index is -0.243. The summed E-state index contributed by atoms with van der Waals surface area (Å²) >= 11 is 0. The molecule has 2 aliphatic carbocycles. The van der Waals surface area contributed by atoms with E-state index in [9.17, 15) is 9.90 Å². The molecule has 1 aliphatic heterocycles. The van der Waals surface area contributed by atoms with Gasteiger partial charge >= 0.3 is 0 Å². The summed E-state index contributed by atoms with van der Waals surface area (Å²) in [4.78, 5) is 16.8. The lowest BCUT2D eigenvalue weighted by molar-refractivity contribution is -0.118. The Morgan fingerprint density at radius 2 is 2.33 bits per heavy atom. The first-order chi connectivity index (χ1) is 11.6. The van der Waals surface area contributed by atoms with Crippen molar-refractivity contribution in [2.24, 2.45) is 10.9 Å². The van der Waals surface area contributed by atoms with Gasteiger partial charge in [-0.2, -0.15) is 0 Å². The smallest absolute Gasteiger partial charge is 0.267 e. The van der Waals surface area contributed by atoms with Crippen molar-refractivity contribution in [3.63, 3.8) is 0 Å². The van der Waals surface area contributed by atoms with Gasteiger partial charge < -0.3 is 15.7 Å². The van der Waals surface area contributed by atoms with E-state index in [2.05, 4.69) is 20.9 Å². The molecule has 6 heteroatoms. The molecule has 24 heavy (non-hydrogen) atoms.